The Morgan fingerprint density at radius 2 is 1.62 bits per heavy atom. The first-order valence-electron chi connectivity index (χ1n) is 9.03. The molecule has 0 radical (unpaired) electrons. The second kappa shape index (κ2) is 8.69. The van der Waals surface area contributed by atoms with Crippen LogP contribution < -0.4 is 4.90 Å². The van der Waals surface area contributed by atoms with Crippen LogP contribution in [0.3, 0.4) is 0 Å². The second-order valence-corrected chi connectivity index (χ2v) is 9.65. The van der Waals surface area contributed by atoms with Crippen molar-refractivity contribution in [2.75, 3.05) is 32.7 Å². The molecule has 1 heterocycles. The Balaban J connectivity index is 1.96. The van der Waals surface area contributed by atoms with Crippen LogP contribution in [-0.4, -0.2) is 68.3 Å². The minimum Gasteiger partial charge on any atom is -0.333 e. The Morgan fingerprint density at radius 1 is 1.12 bits per heavy atom. The zero-order chi connectivity index (χ0) is 19.5. The summed E-state index contributed by atoms with van der Waals surface area (Å²) in [5.74, 6) is 0.124. The van der Waals surface area contributed by atoms with E-state index in [4.69, 9.17) is 11.6 Å². The first-order chi connectivity index (χ1) is 12.1. The predicted molar refractivity (Wildman–Crippen MR) is 103 cm³/mol. The number of hydrogen-bond donors (Lipinski definition) is 1. The van der Waals surface area contributed by atoms with Gasteiger partial charge in [-0.1, -0.05) is 11.6 Å². The monoisotopic (exact) mass is 402 g/mol. The van der Waals surface area contributed by atoms with Crippen molar-refractivity contribution >= 4 is 27.5 Å². The summed E-state index contributed by atoms with van der Waals surface area (Å²) in [6.07, 6.45) is 0. The maximum absolute atomic E-state index is 12.7. The van der Waals surface area contributed by atoms with Crippen LogP contribution in [0.4, 0.5) is 0 Å². The highest BCUT2D eigenvalue weighted by Crippen LogP contribution is 2.18. The van der Waals surface area contributed by atoms with E-state index in [1.807, 2.05) is 32.6 Å². The van der Waals surface area contributed by atoms with E-state index in [-0.39, 0.29) is 22.9 Å². The molecule has 0 aliphatic carbocycles. The van der Waals surface area contributed by atoms with Gasteiger partial charge in [-0.3, -0.25) is 4.79 Å². The average molecular weight is 403 g/mol. The summed E-state index contributed by atoms with van der Waals surface area (Å²) >= 11 is 5.84. The van der Waals surface area contributed by atoms with Gasteiger partial charge in [0.2, 0.25) is 10.0 Å². The number of quaternary nitrogens is 1. The SMILES string of the molecule is CC(C)N(C(=O)C[NH+]1CCN(S(=O)(=O)c2ccc(Cl)cc2)CC1)C(C)C. The first-order valence-corrected chi connectivity index (χ1v) is 10.8. The third-order valence-corrected chi connectivity index (χ3v) is 6.85. The van der Waals surface area contributed by atoms with Crippen molar-refractivity contribution in [1.29, 1.82) is 0 Å². The summed E-state index contributed by atoms with van der Waals surface area (Å²) < 4.78 is 26.9. The molecule has 0 saturated carbocycles. The smallest absolute Gasteiger partial charge is 0.278 e. The van der Waals surface area contributed by atoms with Crippen molar-refractivity contribution < 1.29 is 18.1 Å². The summed E-state index contributed by atoms with van der Waals surface area (Å²) in [7, 11) is -3.51. The molecular formula is C18H29ClN3O3S+. The first kappa shape index (κ1) is 21.2. The van der Waals surface area contributed by atoms with Gasteiger partial charge in [-0.15, -0.1) is 0 Å². The van der Waals surface area contributed by atoms with E-state index in [1.165, 1.54) is 16.4 Å². The highest BCUT2D eigenvalue weighted by Gasteiger charge is 2.32. The van der Waals surface area contributed by atoms with Crippen LogP contribution in [-0.2, 0) is 14.8 Å². The van der Waals surface area contributed by atoms with Crippen molar-refractivity contribution in [2.45, 2.75) is 44.7 Å². The Hall–Kier alpha value is -1.15. The molecule has 1 saturated heterocycles. The van der Waals surface area contributed by atoms with Crippen molar-refractivity contribution in [2.24, 2.45) is 0 Å². The second-order valence-electron chi connectivity index (χ2n) is 7.27. The molecule has 1 N–H and O–H groups in total. The molecule has 0 spiro atoms. The van der Waals surface area contributed by atoms with E-state index in [2.05, 4.69) is 0 Å². The van der Waals surface area contributed by atoms with Gasteiger partial charge in [-0.25, -0.2) is 8.42 Å². The Kier molecular flexibility index (Phi) is 7.07. The highest BCUT2D eigenvalue weighted by molar-refractivity contribution is 7.89. The largest absolute Gasteiger partial charge is 0.333 e. The molecule has 1 fully saturated rings. The van der Waals surface area contributed by atoms with E-state index in [1.54, 1.807) is 12.1 Å². The molecule has 1 amide bonds. The van der Waals surface area contributed by atoms with Gasteiger partial charge >= 0.3 is 0 Å². The number of carbonyl (C=O) groups is 1. The number of halogens is 1. The van der Waals surface area contributed by atoms with Crippen molar-refractivity contribution in [3.8, 4) is 0 Å². The molecule has 146 valence electrons. The predicted octanol–water partition coefficient (Wildman–Crippen LogP) is 0.875. The molecule has 0 bridgehead atoms. The van der Waals surface area contributed by atoms with Gasteiger partial charge in [0.1, 0.15) is 0 Å². The summed E-state index contributed by atoms with van der Waals surface area (Å²) in [5.41, 5.74) is 0. The standard InChI is InChI=1S/C18H28ClN3O3S/c1-14(2)22(15(3)4)18(23)13-20-9-11-21(12-10-20)26(24,25)17-7-5-16(19)6-8-17/h5-8,14-15H,9-13H2,1-4H3/p+1. The molecule has 1 aromatic carbocycles. The summed E-state index contributed by atoms with van der Waals surface area (Å²) in [5, 5.41) is 0.511. The molecule has 0 unspecified atom stereocenters. The topological polar surface area (TPSA) is 62.1 Å². The lowest BCUT2D eigenvalue weighted by molar-refractivity contribution is -0.896. The van der Waals surface area contributed by atoms with E-state index in [9.17, 15) is 13.2 Å². The third kappa shape index (κ3) is 4.97. The third-order valence-electron chi connectivity index (χ3n) is 4.68. The number of amides is 1. The molecule has 1 aromatic rings. The van der Waals surface area contributed by atoms with Crippen molar-refractivity contribution in [3.05, 3.63) is 29.3 Å². The lowest BCUT2D eigenvalue weighted by atomic mass is 10.2. The highest BCUT2D eigenvalue weighted by atomic mass is 35.5. The number of nitrogens with one attached hydrogen (secondary N) is 1. The van der Waals surface area contributed by atoms with Crippen LogP contribution in [0.5, 0.6) is 0 Å². The summed E-state index contributed by atoms with van der Waals surface area (Å²) in [4.78, 5) is 15.9. The van der Waals surface area contributed by atoms with Crippen molar-refractivity contribution in [3.63, 3.8) is 0 Å². The van der Waals surface area contributed by atoms with Crippen LogP contribution in [0.2, 0.25) is 5.02 Å². The maximum Gasteiger partial charge on any atom is 0.278 e. The molecule has 0 aromatic heterocycles. The summed E-state index contributed by atoms with van der Waals surface area (Å²) in [6.45, 7) is 10.6. The van der Waals surface area contributed by atoms with Gasteiger partial charge in [0, 0.05) is 17.1 Å². The average Bonchev–Trinajstić information content (AvgIpc) is 2.55. The normalized spacial score (nSPS) is 17.0. The van der Waals surface area contributed by atoms with Gasteiger partial charge in [-0.05, 0) is 52.0 Å². The number of carbonyl (C=O) groups excluding carboxylic acids is 1. The van der Waals surface area contributed by atoms with Crippen LogP contribution in [0.1, 0.15) is 27.7 Å². The minimum atomic E-state index is -3.51. The van der Waals surface area contributed by atoms with Crippen molar-refractivity contribution in [1.82, 2.24) is 9.21 Å². The number of hydrogen-bond acceptors (Lipinski definition) is 3. The Labute approximate surface area is 161 Å². The van der Waals surface area contributed by atoms with Gasteiger partial charge in [0.25, 0.3) is 5.91 Å². The summed E-state index contributed by atoms with van der Waals surface area (Å²) in [6, 6.07) is 6.55. The Morgan fingerprint density at radius 3 is 2.08 bits per heavy atom. The van der Waals surface area contributed by atoms with Crippen LogP contribution in [0.15, 0.2) is 29.2 Å². The van der Waals surface area contributed by atoms with Gasteiger partial charge < -0.3 is 9.80 Å². The van der Waals surface area contributed by atoms with E-state index < -0.39 is 10.0 Å². The Bertz CT molecular complexity index is 704. The lowest BCUT2D eigenvalue weighted by Gasteiger charge is -2.35. The van der Waals surface area contributed by atoms with E-state index in [0.29, 0.717) is 37.7 Å². The quantitative estimate of drug-likeness (QED) is 0.768. The molecular weight excluding hydrogens is 374 g/mol. The van der Waals surface area contributed by atoms with Crippen LogP contribution >= 0.6 is 11.6 Å². The molecule has 8 heteroatoms. The number of sulfonamides is 1. The van der Waals surface area contributed by atoms with Gasteiger partial charge in [-0.2, -0.15) is 4.31 Å². The fourth-order valence-corrected chi connectivity index (χ4v) is 5.02. The molecule has 1 aliphatic rings. The maximum atomic E-state index is 12.7. The van der Waals surface area contributed by atoms with Crippen LogP contribution in [0.25, 0.3) is 0 Å². The number of benzene rings is 1. The molecule has 2 rings (SSSR count). The molecule has 1 aliphatic heterocycles. The molecule has 26 heavy (non-hydrogen) atoms. The van der Waals surface area contributed by atoms with E-state index >= 15 is 0 Å². The zero-order valence-corrected chi connectivity index (χ0v) is 17.5. The van der Waals surface area contributed by atoms with E-state index in [0.717, 1.165) is 4.90 Å². The number of nitrogens with zero attached hydrogens (tertiary/aromatic N) is 2. The zero-order valence-electron chi connectivity index (χ0n) is 15.9. The minimum absolute atomic E-state index is 0.124. The number of rotatable bonds is 6. The molecule has 0 atom stereocenters. The fraction of sp³-hybridized carbons (Fsp3) is 0.611. The van der Waals surface area contributed by atoms with Gasteiger partial charge in [0.05, 0.1) is 31.1 Å². The number of piperazine rings is 1. The molecule has 6 nitrogen and oxygen atoms in total. The van der Waals surface area contributed by atoms with Gasteiger partial charge in [0.15, 0.2) is 6.54 Å². The van der Waals surface area contributed by atoms with Crippen LogP contribution in [0, 0.1) is 0 Å². The fourth-order valence-electron chi connectivity index (χ4n) is 3.45. The lowest BCUT2D eigenvalue weighted by Crippen LogP contribution is -3.15.